The van der Waals surface area contributed by atoms with Crippen molar-refractivity contribution in [3.63, 3.8) is 0 Å². The van der Waals surface area contributed by atoms with Crippen LogP contribution in [0.5, 0.6) is 0 Å². The maximum absolute atomic E-state index is 4.37. The first-order valence-corrected chi connectivity index (χ1v) is 23.5. The Kier molecular flexibility index (Phi) is 10.4. The van der Waals surface area contributed by atoms with E-state index >= 15 is 0 Å². The monoisotopic (exact) mass is 854 g/mol. The Morgan fingerprint density at radius 1 is 0.523 bits per heavy atom. The molecule has 0 atom stereocenters. The van der Waals surface area contributed by atoms with Crippen LogP contribution in [-0.2, 0) is 17.3 Å². The smallest absolute Gasteiger partial charge is 0.0433 e. The van der Waals surface area contributed by atoms with Gasteiger partial charge in [0, 0.05) is 31.0 Å². The second-order valence-corrected chi connectivity index (χ2v) is 19.7. The molecule has 2 aliphatic carbocycles. The van der Waals surface area contributed by atoms with Gasteiger partial charge in [-0.15, -0.1) is 11.3 Å². The topological polar surface area (TPSA) is 0 Å². The van der Waals surface area contributed by atoms with Gasteiger partial charge in [-0.25, -0.2) is 0 Å². The molecule has 8 aromatic rings. The highest BCUT2D eigenvalue weighted by Crippen LogP contribution is 2.51. The maximum Gasteiger partial charge on any atom is 0.0433 e. The average molecular weight is 855 g/mol. The largest absolute Gasteiger partial charge is 0.135 e. The molecule has 0 bridgehead atoms. The number of hydrogen-bond acceptors (Lipinski definition) is 1. The standard InChI is InChI=1S/C64H54S/c1-10-41-21-20-25-51(47(41)11-2)52-23-17-15-14-16-22-50(48(12-3)49(52)13-4)44-29-33-54-53-32-28-42(37-59(53)64(8,9)60(54)38-44)40(5)27-31-46-36-45-35-43-30-34-56-55-24-18-19-26-61(55)65-62(56)57(43)39-58(45)63(46,6)7/h10-35,37-39H,1-4,36H2,5-9H3/b15-14?,16-14?,17-15?,22-16?,23-17?,40-27+,46-31+,49-48?,50-22?,50-48?,52-23?,52-49?. The quantitative estimate of drug-likeness (QED) is 0.143. The molecular weight excluding hydrogens is 801 g/mol. The van der Waals surface area contributed by atoms with Crippen molar-refractivity contribution in [1.29, 1.82) is 0 Å². The lowest BCUT2D eigenvalue weighted by molar-refractivity contribution is 0.645. The first-order valence-electron chi connectivity index (χ1n) is 22.7. The van der Waals surface area contributed by atoms with Crippen LogP contribution >= 0.6 is 11.3 Å². The molecule has 0 unspecified atom stereocenters. The number of allylic oxidation sites excluding steroid dienone is 4. The number of hydrogen-bond donors (Lipinski definition) is 0. The molecule has 0 fully saturated rings. The maximum atomic E-state index is 4.37. The molecule has 0 amide bonds. The summed E-state index contributed by atoms with van der Waals surface area (Å²) in [5.41, 5.74) is 20.3. The van der Waals surface area contributed by atoms with E-state index in [2.05, 4.69) is 213 Å². The molecule has 0 spiro atoms. The number of thiophene rings is 1. The summed E-state index contributed by atoms with van der Waals surface area (Å²) >= 11 is 1.92. The Hall–Kier alpha value is -7.06. The fourth-order valence-electron chi connectivity index (χ4n) is 10.7. The Labute approximate surface area is 389 Å². The van der Waals surface area contributed by atoms with Crippen LogP contribution in [0.4, 0.5) is 0 Å². The summed E-state index contributed by atoms with van der Waals surface area (Å²) in [5.74, 6) is 0. The molecule has 0 radical (unpaired) electrons. The van der Waals surface area contributed by atoms with E-state index < -0.39 is 0 Å². The van der Waals surface area contributed by atoms with Gasteiger partial charge in [-0.1, -0.05) is 211 Å². The summed E-state index contributed by atoms with van der Waals surface area (Å²) in [5, 5.41) is 5.42. The average Bonchev–Trinajstić information content (AvgIpc) is 3.91. The van der Waals surface area contributed by atoms with Crippen molar-refractivity contribution >= 4 is 72.2 Å². The van der Waals surface area contributed by atoms with Crippen molar-refractivity contribution in [1.82, 2.24) is 0 Å². The van der Waals surface area contributed by atoms with E-state index in [-0.39, 0.29) is 10.8 Å². The predicted octanol–water partition coefficient (Wildman–Crippen LogP) is 18.4. The van der Waals surface area contributed by atoms with E-state index in [0.717, 1.165) is 50.9 Å². The summed E-state index contributed by atoms with van der Waals surface area (Å²) in [6.45, 7) is 28.8. The molecule has 2 aliphatic rings. The van der Waals surface area contributed by atoms with Crippen LogP contribution in [0.25, 0.3) is 94.2 Å². The fraction of sp³-hybridized carbons (Fsp3) is 0.125. The summed E-state index contributed by atoms with van der Waals surface area (Å²) in [6.07, 6.45) is 13.5. The van der Waals surface area contributed by atoms with Gasteiger partial charge in [0.1, 0.15) is 0 Å². The highest BCUT2D eigenvalue weighted by atomic mass is 32.1. The Morgan fingerprint density at radius 3 is 1.94 bits per heavy atom. The minimum atomic E-state index is -0.212. The van der Waals surface area contributed by atoms with Gasteiger partial charge in [-0.2, -0.15) is 0 Å². The van der Waals surface area contributed by atoms with Gasteiger partial charge < -0.3 is 0 Å². The molecule has 316 valence electrons. The van der Waals surface area contributed by atoms with Crippen molar-refractivity contribution < 1.29 is 0 Å². The van der Waals surface area contributed by atoms with Gasteiger partial charge in [0.05, 0.1) is 0 Å². The van der Waals surface area contributed by atoms with Crippen molar-refractivity contribution in [2.75, 3.05) is 0 Å². The first kappa shape index (κ1) is 41.9. The van der Waals surface area contributed by atoms with Crippen LogP contribution in [0.2, 0.25) is 0 Å². The molecule has 1 aromatic heterocycles. The van der Waals surface area contributed by atoms with Crippen molar-refractivity contribution in [3.05, 3.63) is 234 Å². The minimum absolute atomic E-state index is 0.0642. The number of benzene rings is 6. The summed E-state index contributed by atoms with van der Waals surface area (Å²) in [7, 11) is 0. The first-order chi connectivity index (χ1) is 31.5. The molecule has 10 rings (SSSR count). The Morgan fingerprint density at radius 2 is 1.18 bits per heavy atom. The van der Waals surface area contributed by atoms with Crippen LogP contribution in [0.15, 0.2) is 184 Å². The highest BCUT2D eigenvalue weighted by molar-refractivity contribution is 7.26. The van der Waals surface area contributed by atoms with Crippen molar-refractivity contribution in [3.8, 4) is 33.4 Å². The predicted molar refractivity (Wildman–Crippen MR) is 288 cm³/mol. The van der Waals surface area contributed by atoms with Crippen LogP contribution in [0.3, 0.4) is 0 Å². The third kappa shape index (κ3) is 6.80. The van der Waals surface area contributed by atoms with E-state index in [1.54, 1.807) is 0 Å². The summed E-state index contributed by atoms with van der Waals surface area (Å²) in [4.78, 5) is 0. The van der Waals surface area contributed by atoms with Crippen LogP contribution in [0, 0.1) is 0 Å². The minimum Gasteiger partial charge on any atom is -0.135 e. The van der Waals surface area contributed by atoms with Gasteiger partial charge in [-0.3, -0.25) is 0 Å². The Balaban J connectivity index is 1.00. The molecule has 0 N–H and O–H groups in total. The zero-order chi connectivity index (χ0) is 45.2. The zero-order valence-corrected chi connectivity index (χ0v) is 39.0. The number of rotatable bonds is 8. The number of fused-ring (bicyclic) bond motifs is 9. The van der Waals surface area contributed by atoms with Crippen molar-refractivity contribution in [2.24, 2.45) is 0 Å². The van der Waals surface area contributed by atoms with E-state index in [1.807, 2.05) is 35.6 Å². The molecule has 0 saturated heterocycles. The highest BCUT2D eigenvalue weighted by Gasteiger charge is 2.37. The third-order valence-electron chi connectivity index (χ3n) is 14.4. The van der Waals surface area contributed by atoms with Crippen LogP contribution in [0.1, 0.15) is 84.7 Å². The Bertz CT molecular complexity index is 3480. The fourth-order valence-corrected chi connectivity index (χ4v) is 11.9. The second-order valence-electron chi connectivity index (χ2n) is 18.6. The van der Waals surface area contributed by atoms with Crippen LogP contribution < -0.4 is 0 Å². The molecule has 0 nitrogen and oxygen atoms in total. The molecule has 0 saturated carbocycles. The van der Waals surface area contributed by atoms with Gasteiger partial charge in [0.15, 0.2) is 0 Å². The van der Waals surface area contributed by atoms with E-state index in [1.165, 1.54) is 81.0 Å². The molecular formula is C64H54S. The molecule has 1 heterocycles. The van der Waals surface area contributed by atoms with Gasteiger partial charge >= 0.3 is 0 Å². The summed E-state index contributed by atoms with van der Waals surface area (Å²) < 4.78 is 2.75. The SMILES string of the molecule is C=Cc1cccc(-c2ccccccc(-c3ccc4c(c3)C(C)(C)c3cc(/C(C)=C/C=C5\Cc6cc7ccc8c9ccccc9sc8c7cc6C5(C)C)ccc3-4)c(C=C)c2C=C)c1C=C. The lowest BCUT2D eigenvalue weighted by Gasteiger charge is -2.23. The zero-order valence-electron chi connectivity index (χ0n) is 38.2. The van der Waals surface area contributed by atoms with E-state index in [9.17, 15) is 0 Å². The lowest BCUT2D eigenvalue weighted by atomic mass is 9.80. The molecule has 7 aromatic carbocycles. The van der Waals surface area contributed by atoms with Gasteiger partial charge in [0.25, 0.3) is 0 Å². The second kappa shape index (κ2) is 16.2. The summed E-state index contributed by atoms with van der Waals surface area (Å²) in [6, 6.07) is 51.5. The van der Waals surface area contributed by atoms with Crippen molar-refractivity contribution in [2.45, 2.75) is 51.9 Å². The molecule has 1 heteroatoms. The normalized spacial score (nSPS) is 15.1. The molecule has 65 heavy (non-hydrogen) atoms. The van der Waals surface area contributed by atoms with Gasteiger partial charge in [0.2, 0.25) is 0 Å². The molecule has 0 aliphatic heterocycles. The lowest BCUT2D eigenvalue weighted by Crippen LogP contribution is -2.15. The van der Waals surface area contributed by atoms with Crippen LogP contribution in [-0.4, -0.2) is 0 Å². The third-order valence-corrected chi connectivity index (χ3v) is 15.6. The van der Waals surface area contributed by atoms with E-state index in [4.69, 9.17) is 0 Å². The van der Waals surface area contributed by atoms with E-state index in [0.29, 0.717) is 0 Å². The van der Waals surface area contributed by atoms with Gasteiger partial charge in [-0.05, 0) is 137 Å².